The molecule has 0 aliphatic heterocycles. The van der Waals surface area contributed by atoms with E-state index < -0.39 is 0 Å². The minimum absolute atomic E-state index is 0.00537. The number of aromatic nitrogens is 1. The number of hydrogen-bond acceptors (Lipinski definition) is 4. The van der Waals surface area contributed by atoms with Crippen LogP contribution in [0.5, 0.6) is 0 Å². The van der Waals surface area contributed by atoms with E-state index in [1.807, 2.05) is 6.92 Å². The SMILES string of the molecule is CCc1nc(NC(=O)C2CCCCCC2N)sc1C. The number of thiazole rings is 1. The van der Waals surface area contributed by atoms with E-state index in [4.69, 9.17) is 5.73 Å². The Morgan fingerprint density at radius 3 is 2.84 bits per heavy atom. The van der Waals surface area contributed by atoms with Gasteiger partial charge in [-0.05, 0) is 26.2 Å². The molecular weight excluding hydrogens is 258 g/mol. The van der Waals surface area contributed by atoms with Gasteiger partial charge in [-0.1, -0.05) is 26.2 Å². The maximum Gasteiger partial charge on any atom is 0.230 e. The summed E-state index contributed by atoms with van der Waals surface area (Å²) in [6.45, 7) is 4.12. The summed E-state index contributed by atoms with van der Waals surface area (Å²) in [5, 5.41) is 3.67. The zero-order valence-electron chi connectivity index (χ0n) is 11.7. The van der Waals surface area contributed by atoms with Gasteiger partial charge in [0.25, 0.3) is 0 Å². The first kappa shape index (κ1) is 14.5. The lowest BCUT2D eigenvalue weighted by Gasteiger charge is -2.19. The summed E-state index contributed by atoms with van der Waals surface area (Å²) in [6.07, 6.45) is 6.19. The van der Waals surface area contributed by atoms with Gasteiger partial charge in [0.1, 0.15) is 0 Å². The molecule has 1 aromatic rings. The van der Waals surface area contributed by atoms with Gasteiger partial charge in [0.2, 0.25) is 5.91 Å². The van der Waals surface area contributed by atoms with Crippen molar-refractivity contribution in [1.82, 2.24) is 4.98 Å². The highest BCUT2D eigenvalue weighted by atomic mass is 32.1. The van der Waals surface area contributed by atoms with Crippen LogP contribution in [0.2, 0.25) is 0 Å². The van der Waals surface area contributed by atoms with Crippen molar-refractivity contribution in [2.75, 3.05) is 5.32 Å². The normalized spacial score (nSPS) is 23.9. The third-order valence-corrected chi connectivity index (χ3v) is 4.79. The second kappa shape index (κ2) is 6.48. The molecule has 1 fully saturated rings. The van der Waals surface area contributed by atoms with Gasteiger partial charge >= 0.3 is 0 Å². The molecule has 1 aliphatic rings. The third-order valence-electron chi connectivity index (χ3n) is 3.86. The molecule has 1 heterocycles. The summed E-state index contributed by atoms with van der Waals surface area (Å²) < 4.78 is 0. The summed E-state index contributed by atoms with van der Waals surface area (Å²) >= 11 is 1.55. The van der Waals surface area contributed by atoms with E-state index in [-0.39, 0.29) is 17.9 Å². The van der Waals surface area contributed by atoms with Crippen molar-refractivity contribution < 1.29 is 4.79 Å². The van der Waals surface area contributed by atoms with Gasteiger partial charge < -0.3 is 11.1 Å². The predicted molar refractivity (Wildman–Crippen MR) is 79.4 cm³/mol. The molecule has 4 nitrogen and oxygen atoms in total. The van der Waals surface area contributed by atoms with Crippen LogP contribution >= 0.6 is 11.3 Å². The van der Waals surface area contributed by atoms with Crippen LogP contribution in [0.4, 0.5) is 5.13 Å². The standard InChI is InChI=1S/C14H23N3OS/c1-3-12-9(2)19-14(16-12)17-13(18)10-7-5-4-6-8-11(10)15/h10-11H,3-8,15H2,1-2H3,(H,16,17,18). The number of aryl methyl sites for hydroxylation is 2. The molecule has 0 aromatic carbocycles. The highest BCUT2D eigenvalue weighted by Gasteiger charge is 2.27. The Morgan fingerprint density at radius 1 is 1.42 bits per heavy atom. The van der Waals surface area contributed by atoms with Crippen LogP contribution in [-0.2, 0) is 11.2 Å². The molecular formula is C14H23N3OS. The first-order valence-electron chi connectivity index (χ1n) is 7.14. The van der Waals surface area contributed by atoms with Crippen molar-refractivity contribution in [2.24, 2.45) is 11.7 Å². The Labute approximate surface area is 118 Å². The highest BCUT2D eigenvalue weighted by Crippen LogP contribution is 2.26. The van der Waals surface area contributed by atoms with E-state index in [1.54, 1.807) is 11.3 Å². The van der Waals surface area contributed by atoms with Crippen LogP contribution in [-0.4, -0.2) is 16.9 Å². The molecule has 1 aromatic heterocycles. The molecule has 0 saturated heterocycles. The number of nitrogens with zero attached hydrogens (tertiary/aromatic N) is 1. The Bertz CT molecular complexity index is 444. The molecule has 2 atom stereocenters. The van der Waals surface area contributed by atoms with E-state index in [0.29, 0.717) is 0 Å². The van der Waals surface area contributed by atoms with Gasteiger partial charge in [-0.2, -0.15) is 0 Å². The molecule has 1 saturated carbocycles. The first-order valence-corrected chi connectivity index (χ1v) is 7.96. The van der Waals surface area contributed by atoms with Gasteiger partial charge in [-0.3, -0.25) is 4.79 Å². The molecule has 1 amide bonds. The summed E-state index contributed by atoms with van der Waals surface area (Å²) in [5.41, 5.74) is 7.19. The maximum absolute atomic E-state index is 12.3. The largest absolute Gasteiger partial charge is 0.327 e. The number of carbonyl (C=O) groups excluding carboxylic acids is 1. The van der Waals surface area contributed by atoms with Crippen molar-refractivity contribution in [3.8, 4) is 0 Å². The summed E-state index contributed by atoms with van der Waals surface area (Å²) in [6, 6.07) is -0.00537. The molecule has 0 spiro atoms. The van der Waals surface area contributed by atoms with Crippen LogP contribution < -0.4 is 11.1 Å². The minimum Gasteiger partial charge on any atom is -0.327 e. The van der Waals surface area contributed by atoms with Crippen LogP contribution in [0.1, 0.15) is 49.6 Å². The fraction of sp³-hybridized carbons (Fsp3) is 0.714. The van der Waals surface area contributed by atoms with E-state index in [0.717, 1.165) is 42.9 Å². The number of nitrogens with two attached hydrogens (primary N) is 1. The molecule has 3 N–H and O–H groups in total. The van der Waals surface area contributed by atoms with Crippen LogP contribution in [0, 0.1) is 12.8 Å². The van der Waals surface area contributed by atoms with Gasteiger partial charge in [-0.15, -0.1) is 11.3 Å². The second-order valence-corrected chi connectivity index (χ2v) is 6.48. The molecule has 106 valence electrons. The van der Waals surface area contributed by atoms with Crippen LogP contribution in [0.15, 0.2) is 0 Å². The zero-order chi connectivity index (χ0) is 13.8. The fourth-order valence-electron chi connectivity index (χ4n) is 2.67. The van der Waals surface area contributed by atoms with Gasteiger partial charge in [0.05, 0.1) is 11.6 Å². The number of amides is 1. The van der Waals surface area contributed by atoms with Crippen molar-refractivity contribution in [3.05, 3.63) is 10.6 Å². The van der Waals surface area contributed by atoms with Crippen LogP contribution in [0.3, 0.4) is 0 Å². The molecule has 5 heteroatoms. The smallest absolute Gasteiger partial charge is 0.230 e. The number of rotatable bonds is 3. The Balaban J connectivity index is 2.02. The molecule has 0 bridgehead atoms. The van der Waals surface area contributed by atoms with Crippen molar-refractivity contribution in [2.45, 2.75) is 58.4 Å². The van der Waals surface area contributed by atoms with E-state index in [1.165, 1.54) is 11.3 Å². The van der Waals surface area contributed by atoms with Gasteiger partial charge in [0.15, 0.2) is 5.13 Å². The van der Waals surface area contributed by atoms with Crippen molar-refractivity contribution in [1.29, 1.82) is 0 Å². The summed E-state index contributed by atoms with van der Waals surface area (Å²) in [4.78, 5) is 18.0. The number of hydrogen-bond donors (Lipinski definition) is 2. The Morgan fingerprint density at radius 2 is 2.16 bits per heavy atom. The number of anilines is 1. The van der Waals surface area contributed by atoms with E-state index in [9.17, 15) is 4.79 Å². The van der Waals surface area contributed by atoms with Crippen molar-refractivity contribution >= 4 is 22.4 Å². The topological polar surface area (TPSA) is 68.0 Å². The molecule has 2 unspecified atom stereocenters. The van der Waals surface area contributed by atoms with Crippen molar-refractivity contribution in [3.63, 3.8) is 0 Å². The maximum atomic E-state index is 12.3. The lowest BCUT2D eigenvalue weighted by Crippen LogP contribution is -2.37. The molecule has 0 radical (unpaired) electrons. The van der Waals surface area contributed by atoms with E-state index >= 15 is 0 Å². The van der Waals surface area contributed by atoms with Crippen LogP contribution in [0.25, 0.3) is 0 Å². The quantitative estimate of drug-likeness (QED) is 0.837. The second-order valence-electron chi connectivity index (χ2n) is 5.27. The fourth-order valence-corrected chi connectivity index (χ4v) is 3.57. The number of nitrogens with one attached hydrogen (secondary N) is 1. The Kier molecular flexibility index (Phi) is 4.93. The molecule has 19 heavy (non-hydrogen) atoms. The molecule has 2 rings (SSSR count). The predicted octanol–water partition coefficient (Wildman–Crippen LogP) is 2.86. The van der Waals surface area contributed by atoms with Gasteiger partial charge in [-0.25, -0.2) is 4.98 Å². The summed E-state index contributed by atoms with van der Waals surface area (Å²) in [5.74, 6) is -0.0115. The lowest BCUT2D eigenvalue weighted by molar-refractivity contribution is -0.120. The minimum atomic E-state index is -0.0585. The summed E-state index contributed by atoms with van der Waals surface area (Å²) in [7, 11) is 0. The lowest BCUT2D eigenvalue weighted by atomic mass is 9.95. The van der Waals surface area contributed by atoms with Gasteiger partial charge in [0, 0.05) is 10.9 Å². The average molecular weight is 281 g/mol. The number of carbonyl (C=O) groups is 1. The third kappa shape index (κ3) is 3.54. The Hall–Kier alpha value is -0.940. The molecule has 1 aliphatic carbocycles. The highest BCUT2D eigenvalue weighted by molar-refractivity contribution is 7.15. The first-order chi connectivity index (χ1) is 9.11. The zero-order valence-corrected chi connectivity index (χ0v) is 12.6. The van der Waals surface area contributed by atoms with E-state index in [2.05, 4.69) is 17.2 Å². The average Bonchev–Trinajstić information content (AvgIpc) is 2.58. The monoisotopic (exact) mass is 281 g/mol.